The lowest BCUT2D eigenvalue weighted by Gasteiger charge is -2.28. The molecule has 1 aliphatic heterocycles. The number of nitrogens with zero attached hydrogens (tertiary/aromatic N) is 5. The van der Waals surface area contributed by atoms with E-state index in [0.717, 1.165) is 29.8 Å². The highest BCUT2D eigenvalue weighted by Gasteiger charge is 2.22. The molecule has 2 heterocycles. The molecule has 7 nitrogen and oxygen atoms in total. The molecular formula is C21H29N5O2S. The van der Waals surface area contributed by atoms with Crippen molar-refractivity contribution < 1.29 is 9.53 Å². The first-order valence-corrected chi connectivity index (χ1v) is 10.9. The predicted molar refractivity (Wildman–Crippen MR) is 116 cm³/mol. The minimum absolute atomic E-state index is 0.0858. The van der Waals surface area contributed by atoms with Crippen LogP contribution < -0.4 is 4.90 Å². The third-order valence-corrected chi connectivity index (χ3v) is 5.65. The Morgan fingerprint density at radius 1 is 1.24 bits per heavy atom. The van der Waals surface area contributed by atoms with Gasteiger partial charge in [-0.15, -0.1) is 10.2 Å². The van der Waals surface area contributed by atoms with Crippen molar-refractivity contribution in [2.45, 2.75) is 25.5 Å². The van der Waals surface area contributed by atoms with Gasteiger partial charge in [-0.1, -0.05) is 54.2 Å². The molecule has 2 aromatic rings. The summed E-state index contributed by atoms with van der Waals surface area (Å²) in [4.78, 5) is 16.7. The van der Waals surface area contributed by atoms with Crippen LogP contribution >= 0.6 is 11.8 Å². The zero-order valence-corrected chi connectivity index (χ0v) is 18.0. The van der Waals surface area contributed by atoms with E-state index >= 15 is 0 Å². The molecule has 1 aliphatic rings. The molecular weight excluding hydrogens is 386 g/mol. The molecule has 0 N–H and O–H groups in total. The number of hydrogen-bond donors (Lipinski definition) is 0. The summed E-state index contributed by atoms with van der Waals surface area (Å²) >= 11 is 1.44. The summed E-state index contributed by atoms with van der Waals surface area (Å²) in [5.74, 6) is 1.25. The van der Waals surface area contributed by atoms with Crippen LogP contribution in [0.4, 0.5) is 5.95 Å². The molecule has 0 radical (unpaired) electrons. The SMILES string of the molecule is C=C(C)CN(CC)C(=O)CSc1nnc(N2CCOCC2)n1Cc1ccccc1. The van der Waals surface area contributed by atoms with E-state index in [1.54, 1.807) is 0 Å². The number of rotatable bonds is 9. The Morgan fingerprint density at radius 2 is 1.97 bits per heavy atom. The average molecular weight is 416 g/mol. The van der Waals surface area contributed by atoms with Gasteiger partial charge in [0.2, 0.25) is 11.9 Å². The minimum Gasteiger partial charge on any atom is -0.378 e. The second-order valence-electron chi connectivity index (χ2n) is 7.11. The summed E-state index contributed by atoms with van der Waals surface area (Å²) in [6.07, 6.45) is 0. The molecule has 1 fully saturated rings. The summed E-state index contributed by atoms with van der Waals surface area (Å²) in [7, 11) is 0. The van der Waals surface area contributed by atoms with E-state index in [4.69, 9.17) is 4.74 Å². The quantitative estimate of drug-likeness (QED) is 0.464. The number of hydrogen-bond acceptors (Lipinski definition) is 6. The van der Waals surface area contributed by atoms with Crippen molar-refractivity contribution >= 4 is 23.6 Å². The highest BCUT2D eigenvalue weighted by molar-refractivity contribution is 7.99. The number of amides is 1. The second-order valence-corrected chi connectivity index (χ2v) is 8.05. The van der Waals surface area contributed by atoms with Gasteiger partial charge in [-0.05, 0) is 19.4 Å². The maximum absolute atomic E-state index is 12.6. The van der Waals surface area contributed by atoms with Crippen molar-refractivity contribution in [1.82, 2.24) is 19.7 Å². The van der Waals surface area contributed by atoms with Crippen LogP contribution in [-0.4, -0.2) is 70.7 Å². The van der Waals surface area contributed by atoms with Crippen LogP contribution in [0.15, 0.2) is 47.6 Å². The van der Waals surface area contributed by atoms with Gasteiger partial charge in [0, 0.05) is 26.2 Å². The van der Waals surface area contributed by atoms with Gasteiger partial charge in [0.1, 0.15) is 0 Å². The van der Waals surface area contributed by atoms with Gasteiger partial charge in [-0.3, -0.25) is 9.36 Å². The summed E-state index contributed by atoms with van der Waals surface area (Å²) in [5.41, 5.74) is 2.15. The minimum atomic E-state index is 0.0858. The van der Waals surface area contributed by atoms with Crippen LogP contribution in [0.2, 0.25) is 0 Å². The van der Waals surface area contributed by atoms with Gasteiger partial charge in [0.25, 0.3) is 0 Å². The molecule has 0 saturated carbocycles. The van der Waals surface area contributed by atoms with Crippen molar-refractivity contribution in [2.24, 2.45) is 0 Å². The lowest BCUT2D eigenvalue weighted by molar-refractivity contribution is -0.127. The van der Waals surface area contributed by atoms with E-state index in [0.29, 0.717) is 38.6 Å². The normalized spacial score (nSPS) is 14.1. The largest absolute Gasteiger partial charge is 0.378 e. The Kier molecular flexibility index (Phi) is 7.71. The number of ether oxygens (including phenoxy) is 1. The number of morpholine rings is 1. The number of carbonyl (C=O) groups is 1. The maximum atomic E-state index is 12.6. The first-order valence-electron chi connectivity index (χ1n) is 9.93. The van der Waals surface area contributed by atoms with Crippen LogP contribution in [-0.2, 0) is 16.1 Å². The first-order chi connectivity index (χ1) is 14.1. The number of benzene rings is 1. The second kappa shape index (κ2) is 10.5. The third kappa shape index (κ3) is 5.83. The average Bonchev–Trinajstić information content (AvgIpc) is 3.14. The number of anilines is 1. The summed E-state index contributed by atoms with van der Waals surface area (Å²) in [6, 6.07) is 10.2. The molecule has 0 unspecified atom stereocenters. The summed E-state index contributed by atoms with van der Waals surface area (Å²) < 4.78 is 7.58. The smallest absolute Gasteiger partial charge is 0.233 e. The van der Waals surface area contributed by atoms with Gasteiger partial charge in [0.05, 0.1) is 25.5 Å². The molecule has 156 valence electrons. The van der Waals surface area contributed by atoms with E-state index in [9.17, 15) is 4.79 Å². The predicted octanol–water partition coefficient (Wildman–Crippen LogP) is 2.68. The van der Waals surface area contributed by atoms with Crippen LogP contribution in [0.3, 0.4) is 0 Å². The molecule has 0 aliphatic carbocycles. The Labute approximate surface area is 176 Å². The molecule has 1 aromatic heterocycles. The topological polar surface area (TPSA) is 63.5 Å². The molecule has 1 amide bonds. The fourth-order valence-electron chi connectivity index (χ4n) is 3.21. The zero-order valence-electron chi connectivity index (χ0n) is 17.2. The number of carbonyl (C=O) groups excluding carboxylic acids is 1. The third-order valence-electron chi connectivity index (χ3n) is 4.69. The van der Waals surface area contributed by atoms with E-state index in [-0.39, 0.29) is 5.91 Å². The van der Waals surface area contributed by atoms with E-state index in [1.165, 1.54) is 17.3 Å². The Balaban J connectivity index is 1.77. The first kappa shape index (κ1) is 21.4. The molecule has 29 heavy (non-hydrogen) atoms. The van der Waals surface area contributed by atoms with Crippen molar-refractivity contribution in [3.8, 4) is 0 Å². The van der Waals surface area contributed by atoms with E-state index in [2.05, 4.69) is 38.4 Å². The molecule has 0 atom stereocenters. The molecule has 8 heteroatoms. The molecule has 1 saturated heterocycles. The van der Waals surface area contributed by atoms with E-state index < -0.39 is 0 Å². The van der Waals surface area contributed by atoms with Crippen molar-refractivity contribution in [1.29, 1.82) is 0 Å². The maximum Gasteiger partial charge on any atom is 0.233 e. The van der Waals surface area contributed by atoms with Gasteiger partial charge in [-0.2, -0.15) is 0 Å². The molecule has 0 spiro atoms. The Bertz CT molecular complexity index is 818. The van der Waals surface area contributed by atoms with Gasteiger partial charge >= 0.3 is 0 Å². The number of likely N-dealkylation sites (N-methyl/N-ethyl adjacent to an activating group) is 1. The summed E-state index contributed by atoms with van der Waals surface area (Å²) in [6.45, 7) is 12.7. The fraction of sp³-hybridized carbons (Fsp3) is 0.476. The van der Waals surface area contributed by atoms with Crippen LogP contribution in [0.25, 0.3) is 0 Å². The van der Waals surface area contributed by atoms with E-state index in [1.807, 2.05) is 36.9 Å². The van der Waals surface area contributed by atoms with Crippen LogP contribution in [0, 0.1) is 0 Å². The standard InChI is InChI=1S/C21H29N5O2S/c1-4-24(14-17(2)3)19(27)16-29-21-23-22-20(25-10-12-28-13-11-25)26(21)15-18-8-6-5-7-9-18/h5-9H,2,4,10-16H2,1,3H3. The monoisotopic (exact) mass is 415 g/mol. The van der Waals surface area contributed by atoms with Gasteiger partial charge in [0.15, 0.2) is 5.16 Å². The van der Waals surface area contributed by atoms with Crippen LogP contribution in [0.5, 0.6) is 0 Å². The summed E-state index contributed by atoms with van der Waals surface area (Å²) in [5, 5.41) is 9.62. The molecule has 1 aromatic carbocycles. The van der Waals surface area contributed by atoms with Gasteiger partial charge in [-0.25, -0.2) is 0 Å². The van der Waals surface area contributed by atoms with Crippen LogP contribution in [0.1, 0.15) is 19.4 Å². The lowest BCUT2D eigenvalue weighted by Crippen LogP contribution is -2.38. The fourth-order valence-corrected chi connectivity index (χ4v) is 4.04. The van der Waals surface area contributed by atoms with Crippen molar-refractivity contribution in [2.75, 3.05) is 50.0 Å². The van der Waals surface area contributed by atoms with Crippen molar-refractivity contribution in [3.05, 3.63) is 48.0 Å². The highest BCUT2D eigenvalue weighted by Crippen LogP contribution is 2.24. The number of thioether (sulfide) groups is 1. The van der Waals surface area contributed by atoms with Gasteiger partial charge < -0.3 is 14.5 Å². The Hall–Kier alpha value is -2.32. The highest BCUT2D eigenvalue weighted by atomic mass is 32.2. The number of aromatic nitrogens is 3. The lowest BCUT2D eigenvalue weighted by atomic mass is 10.2. The molecule has 0 bridgehead atoms. The zero-order chi connectivity index (χ0) is 20.6. The van der Waals surface area contributed by atoms with Crippen molar-refractivity contribution in [3.63, 3.8) is 0 Å². The Morgan fingerprint density at radius 3 is 2.62 bits per heavy atom. The molecule has 3 rings (SSSR count).